The summed E-state index contributed by atoms with van der Waals surface area (Å²) >= 11 is 0. The molecule has 0 aliphatic carbocycles. The zero-order chi connectivity index (χ0) is 22.0. The maximum Gasteiger partial charge on any atom is 0.243 e. The lowest BCUT2D eigenvalue weighted by Gasteiger charge is -2.25. The van der Waals surface area contributed by atoms with Gasteiger partial charge in [0.05, 0.1) is 36.9 Å². The van der Waals surface area contributed by atoms with Crippen LogP contribution in [-0.2, 0) is 14.8 Å². The van der Waals surface area contributed by atoms with E-state index < -0.39 is 10.0 Å². The van der Waals surface area contributed by atoms with Gasteiger partial charge < -0.3 is 19.5 Å². The summed E-state index contributed by atoms with van der Waals surface area (Å²) in [5, 5.41) is 2.63. The van der Waals surface area contributed by atoms with Crippen molar-refractivity contribution in [1.29, 1.82) is 0 Å². The quantitative estimate of drug-likeness (QED) is 0.757. The van der Waals surface area contributed by atoms with Crippen LogP contribution in [0.4, 0.5) is 5.69 Å². The van der Waals surface area contributed by atoms with Gasteiger partial charge in [-0.05, 0) is 48.7 Å². The van der Waals surface area contributed by atoms with Crippen molar-refractivity contribution in [3.05, 3.63) is 42.0 Å². The van der Waals surface area contributed by atoms with E-state index in [1.807, 2.05) is 18.2 Å². The van der Waals surface area contributed by atoms with Crippen molar-refractivity contribution >= 4 is 21.6 Å². The Kier molecular flexibility index (Phi) is 6.06. The molecule has 166 valence electrons. The molecular weight excluding hydrogens is 420 g/mol. The summed E-state index contributed by atoms with van der Waals surface area (Å²) in [5.41, 5.74) is 1.20. The highest BCUT2D eigenvalue weighted by Crippen LogP contribution is 2.41. The van der Waals surface area contributed by atoms with Crippen molar-refractivity contribution < 1.29 is 27.4 Å². The largest absolute Gasteiger partial charge is 0.495 e. The number of nitrogens with one attached hydrogen (secondary N) is 1. The molecule has 31 heavy (non-hydrogen) atoms. The number of hydrogen-bond donors (Lipinski definition) is 1. The lowest BCUT2D eigenvalue weighted by atomic mass is 10.0. The lowest BCUT2D eigenvalue weighted by Crippen LogP contribution is -2.30. The average molecular weight is 447 g/mol. The fraction of sp³-hybridized carbons (Fsp3) is 0.409. The maximum absolute atomic E-state index is 13.5. The first-order valence-electron chi connectivity index (χ1n) is 10.3. The van der Waals surface area contributed by atoms with Gasteiger partial charge in [-0.15, -0.1) is 0 Å². The average Bonchev–Trinajstić information content (AvgIpc) is 3.13. The lowest BCUT2D eigenvalue weighted by molar-refractivity contribution is -0.114. The molecule has 0 unspecified atom stereocenters. The van der Waals surface area contributed by atoms with Crippen LogP contribution >= 0.6 is 0 Å². The number of sulfonamides is 1. The van der Waals surface area contributed by atoms with Crippen LogP contribution in [0.1, 0.15) is 37.8 Å². The number of rotatable bonds is 5. The van der Waals surface area contributed by atoms with Crippen LogP contribution in [0.2, 0.25) is 0 Å². The zero-order valence-corrected chi connectivity index (χ0v) is 18.4. The number of carbonyl (C=O) groups is 1. The zero-order valence-electron chi connectivity index (χ0n) is 17.6. The number of amides is 1. The molecule has 2 aliphatic rings. The first-order chi connectivity index (χ1) is 14.9. The molecule has 2 aliphatic heterocycles. The Bertz CT molecular complexity index is 1090. The van der Waals surface area contributed by atoms with Gasteiger partial charge in [0.25, 0.3) is 0 Å². The van der Waals surface area contributed by atoms with E-state index >= 15 is 0 Å². The molecule has 0 saturated carbocycles. The number of methoxy groups -OCH3 is 1. The predicted octanol–water partition coefficient (Wildman–Crippen LogP) is 3.34. The second-order valence-corrected chi connectivity index (χ2v) is 9.46. The molecule has 1 fully saturated rings. The molecule has 8 nitrogen and oxygen atoms in total. The summed E-state index contributed by atoms with van der Waals surface area (Å²) < 4.78 is 45.3. The standard InChI is InChI=1S/C22H26N2O6S/c1-15(25)23-18-14-17(7-9-20(18)28-2)31(26,27)24-10-3-5-19(24)16-6-8-21-22(13-16)30-12-4-11-29-21/h6-9,13-14,19H,3-5,10-12H2,1-2H3,(H,23,25)/t19-/m0/s1. The van der Waals surface area contributed by atoms with Gasteiger partial charge >= 0.3 is 0 Å². The Morgan fingerprint density at radius 1 is 1.10 bits per heavy atom. The fourth-order valence-electron chi connectivity index (χ4n) is 4.02. The molecule has 2 aromatic rings. The minimum Gasteiger partial charge on any atom is -0.495 e. The molecular formula is C22H26N2O6S. The normalized spacial score (nSPS) is 19.0. The fourth-order valence-corrected chi connectivity index (χ4v) is 5.73. The number of fused-ring (bicyclic) bond motifs is 1. The number of benzene rings is 2. The number of hydrogen-bond acceptors (Lipinski definition) is 6. The Morgan fingerprint density at radius 2 is 1.87 bits per heavy atom. The van der Waals surface area contributed by atoms with Crippen molar-refractivity contribution in [2.45, 2.75) is 37.1 Å². The predicted molar refractivity (Wildman–Crippen MR) is 115 cm³/mol. The van der Waals surface area contributed by atoms with E-state index in [-0.39, 0.29) is 16.8 Å². The Morgan fingerprint density at radius 3 is 2.61 bits per heavy atom. The molecule has 1 amide bonds. The molecule has 2 heterocycles. The highest BCUT2D eigenvalue weighted by molar-refractivity contribution is 7.89. The third-order valence-corrected chi connectivity index (χ3v) is 7.35. The molecule has 0 aromatic heterocycles. The van der Waals surface area contributed by atoms with Gasteiger partial charge in [0.1, 0.15) is 5.75 Å². The molecule has 0 bridgehead atoms. The topological polar surface area (TPSA) is 94.2 Å². The summed E-state index contributed by atoms with van der Waals surface area (Å²) in [7, 11) is -2.33. The molecule has 1 atom stereocenters. The maximum atomic E-state index is 13.5. The van der Waals surface area contributed by atoms with E-state index in [2.05, 4.69) is 5.32 Å². The number of ether oxygens (including phenoxy) is 3. The molecule has 9 heteroatoms. The van der Waals surface area contributed by atoms with Crippen LogP contribution < -0.4 is 19.5 Å². The molecule has 1 saturated heterocycles. The van der Waals surface area contributed by atoms with Gasteiger partial charge in [-0.1, -0.05) is 6.07 Å². The van der Waals surface area contributed by atoms with Crippen molar-refractivity contribution in [3.8, 4) is 17.2 Å². The third kappa shape index (κ3) is 4.33. The van der Waals surface area contributed by atoms with Crippen molar-refractivity contribution in [2.75, 3.05) is 32.2 Å². The Balaban J connectivity index is 1.67. The molecule has 2 aromatic carbocycles. The SMILES string of the molecule is COc1ccc(S(=O)(=O)N2CCC[C@H]2c2ccc3c(c2)OCCCO3)cc1NC(C)=O. The number of carbonyl (C=O) groups excluding carboxylic acids is 1. The summed E-state index contributed by atoms with van der Waals surface area (Å²) in [5.74, 6) is 1.43. The highest BCUT2D eigenvalue weighted by atomic mass is 32.2. The van der Waals surface area contributed by atoms with Crippen LogP contribution in [-0.4, -0.2) is 45.5 Å². The van der Waals surface area contributed by atoms with E-state index in [0.29, 0.717) is 49.1 Å². The van der Waals surface area contributed by atoms with E-state index in [1.165, 1.54) is 30.5 Å². The van der Waals surface area contributed by atoms with Gasteiger partial charge in [-0.3, -0.25) is 4.79 Å². The van der Waals surface area contributed by atoms with Crippen molar-refractivity contribution in [3.63, 3.8) is 0 Å². The van der Waals surface area contributed by atoms with Crippen molar-refractivity contribution in [1.82, 2.24) is 4.31 Å². The molecule has 1 N–H and O–H groups in total. The second-order valence-electron chi connectivity index (χ2n) is 7.57. The van der Waals surface area contributed by atoms with Crippen LogP contribution in [0, 0.1) is 0 Å². The third-order valence-electron chi connectivity index (χ3n) is 5.45. The summed E-state index contributed by atoms with van der Waals surface area (Å²) in [6, 6.07) is 9.84. The van der Waals surface area contributed by atoms with Gasteiger partial charge in [0.2, 0.25) is 15.9 Å². The van der Waals surface area contributed by atoms with E-state index in [1.54, 1.807) is 6.07 Å². The smallest absolute Gasteiger partial charge is 0.243 e. The number of anilines is 1. The van der Waals surface area contributed by atoms with Crippen LogP contribution in [0.25, 0.3) is 0 Å². The summed E-state index contributed by atoms with van der Waals surface area (Å²) in [6.45, 7) is 2.95. The van der Waals surface area contributed by atoms with Crippen LogP contribution in [0.15, 0.2) is 41.3 Å². The first kappa shape index (κ1) is 21.5. The monoisotopic (exact) mass is 446 g/mol. The van der Waals surface area contributed by atoms with E-state index in [9.17, 15) is 13.2 Å². The Labute approximate surface area is 182 Å². The molecule has 4 rings (SSSR count). The Hall–Kier alpha value is -2.78. The molecule has 0 radical (unpaired) electrons. The van der Waals surface area contributed by atoms with Gasteiger partial charge in [-0.2, -0.15) is 4.31 Å². The van der Waals surface area contributed by atoms with Crippen LogP contribution in [0.5, 0.6) is 17.2 Å². The molecule has 0 spiro atoms. The van der Waals surface area contributed by atoms with Crippen LogP contribution in [0.3, 0.4) is 0 Å². The van der Waals surface area contributed by atoms with Gasteiger partial charge in [0.15, 0.2) is 11.5 Å². The second kappa shape index (κ2) is 8.76. The minimum absolute atomic E-state index is 0.110. The van der Waals surface area contributed by atoms with Gasteiger partial charge in [0, 0.05) is 19.9 Å². The highest BCUT2D eigenvalue weighted by Gasteiger charge is 2.37. The van der Waals surface area contributed by atoms with Crippen molar-refractivity contribution in [2.24, 2.45) is 0 Å². The first-order valence-corrected chi connectivity index (χ1v) is 11.7. The summed E-state index contributed by atoms with van der Waals surface area (Å²) in [6.07, 6.45) is 2.28. The van der Waals surface area contributed by atoms with Gasteiger partial charge in [-0.25, -0.2) is 8.42 Å². The summed E-state index contributed by atoms with van der Waals surface area (Å²) in [4.78, 5) is 11.6. The van der Waals surface area contributed by atoms with E-state index in [0.717, 1.165) is 18.4 Å². The number of nitrogens with zero attached hydrogens (tertiary/aromatic N) is 1. The van der Waals surface area contributed by atoms with E-state index in [4.69, 9.17) is 14.2 Å². The minimum atomic E-state index is -3.79.